The molecule has 0 atom stereocenters. The molecule has 0 saturated heterocycles. The van der Waals surface area contributed by atoms with Gasteiger partial charge in [-0.05, 0) is 48.9 Å². The molecule has 2 rings (SSSR count). The Hall–Kier alpha value is -2.43. The number of rotatable bonds is 8. The quantitative estimate of drug-likeness (QED) is 0.459. The molecule has 2 aromatic rings. The number of amides is 1. The summed E-state index contributed by atoms with van der Waals surface area (Å²) in [5, 5.41) is 3.87. The summed E-state index contributed by atoms with van der Waals surface area (Å²) in [6, 6.07) is 9.86. The molecule has 0 heterocycles. The predicted octanol–water partition coefficient (Wildman–Crippen LogP) is 2.55. The van der Waals surface area contributed by atoms with E-state index >= 15 is 0 Å². The molecule has 8 nitrogen and oxygen atoms in total. The molecule has 0 fully saturated rings. The lowest BCUT2D eigenvalue weighted by Crippen LogP contribution is -2.36. The molecular formula is C19H22BrN3O5S. The summed E-state index contributed by atoms with van der Waals surface area (Å²) in [4.78, 5) is 12.2. The number of ether oxygens (including phenoxy) is 2. The lowest BCUT2D eigenvalue weighted by atomic mass is 10.2. The van der Waals surface area contributed by atoms with E-state index in [2.05, 4.69) is 26.5 Å². The third kappa shape index (κ3) is 5.78. The van der Waals surface area contributed by atoms with Crippen LogP contribution in [0.3, 0.4) is 0 Å². The van der Waals surface area contributed by atoms with Crippen LogP contribution in [0.1, 0.15) is 11.1 Å². The molecular weight excluding hydrogens is 462 g/mol. The van der Waals surface area contributed by atoms with Gasteiger partial charge in [0.15, 0.2) is 0 Å². The first kappa shape index (κ1) is 22.9. The van der Waals surface area contributed by atoms with Gasteiger partial charge >= 0.3 is 0 Å². The van der Waals surface area contributed by atoms with E-state index in [0.717, 1.165) is 8.78 Å². The SMILES string of the molecule is COc1ccc(S(=O)(=O)N(C)CC(=O)N/N=C/c2cc(Br)ccc2OC)cc1C. The molecule has 156 valence electrons. The number of hydrogen-bond acceptors (Lipinski definition) is 6. The van der Waals surface area contributed by atoms with E-state index in [1.807, 2.05) is 6.07 Å². The molecule has 2 aromatic carbocycles. The van der Waals surface area contributed by atoms with Crippen molar-refractivity contribution < 1.29 is 22.7 Å². The topological polar surface area (TPSA) is 97.3 Å². The summed E-state index contributed by atoms with van der Waals surface area (Å²) in [7, 11) is 0.532. The summed E-state index contributed by atoms with van der Waals surface area (Å²) in [6.07, 6.45) is 1.42. The molecule has 10 heteroatoms. The molecule has 1 N–H and O–H groups in total. The first-order valence-electron chi connectivity index (χ1n) is 8.45. The Morgan fingerprint density at radius 1 is 1.17 bits per heavy atom. The minimum absolute atomic E-state index is 0.0773. The van der Waals surface area contributed by atoms with Crippen LogP contribution in [0.2, 0.25) is 0 Å². The van der Waals surface area contributed by atoms with E-state index < -0.39 is 15.9 Å². The first-order chi connectivity index (χ1) is 13.7. The fraction of sp³-hybridized carbons (Fsp3) is 0.263. The van der Waals surface area contributed by atoms with Gasteiger partial charge in [-0.3, -0.25) is 4.79 Å². The van der Waals surface area contributed by atoms with Crippen molar-refractivity contribution in [2.75, 3.05) is 27.8 Å². The lowest BCUT2D eigenvalue weighted by molar-refractivity contribution is -0.121. The highest BCUT2D eigenvalue weighted by Gasteiger charge is 2.23. The van der Waals surface area contributed by atoms with Crippen LogP contribution in [0.4, 0.5) is 0 Å². The molecule has 0 radical (unpaired) electrons. The summed E-state index contributed by atoms with van der Waals surface area (Å²) in [6.45, 7) is 1.36. The van der Waals surface area contributed by atoms with Crippen LogP contribution in [0, 0.1) is 6.92 Å². The summed E-state index contributed by atoms with van der Waals surface area (Å²) < 4.78 is 37.5. The number of nitrogens with zero attached hydrogens (tertiary/aromatic N) is 2. The Labute approximate surface area is 178 Å². The Balaban J connectivity index is 2.05. The normalized spacial score (nSPS) is 11.7. The second kappa shape index (κ2) is 9.86. The predicted molar refractivity (Wildman–Crippen MR) is 114 cm³/mol. The highest BCUT2D eigenvalue weighted by atomic mass is 79.9. The van der Waals surface area contributed by atoms with Crippen LogP contribution < -0.4 is 14.9 Å². The summed E-state index contributed by atoms with van der Waals surface area (Å²) >= 11 is 3.35. The standard InChI is InChI=1S/C19H22BrN3O5S/c1-13-9-16(6-8-17(13)27-3)29(25,26)23(2)12-19(24)22-21-11-14-10-15(20)5-7-18(14)28-4/h5-11H,12H2,1-4H3,(H,22,24)/b21-11+. The summed E-state index contributed by atoms with van der Waals surface area (Å²) in [5.41, 5.74) is 3.65. The van der Waals surface area contributed by atoms with Crippen LogP contribution in [-0.4, -0.2) is 52.7 Å². The minimum atomic E-state index is -3.84. The third-order valence-corrected chi connectivity index (χ3v) is 6.32. The van der Waals surface area contributed by atoms with Crippen LogP contribution in [-0.2, 0) is 14.8 Å². The minimum Gasteiger partial charge on any atom is -0.496 e. The van der Waals surface area contributed by atoms with Gasteiger partial charge in [-0.2, -0.15) is 9.41 Å². The lowest BCUT2D eigenvalue weighted by Gasteiger charge is -2.17. The van der Waals surface area contributed by atoms with Crippen molar-refractivity contribution in [3.05, 3.63) is 52.0 Å². The molecule has 0 aliphatic heterocycles. The van der Waals surface area contributed by atoms with Gasteiger partial charge in [-0.25, -0.2) is 13.8 Å². The molecule has 0 unspecified atom stereocenters. The van der Waals surface area contributed by atoms with Crippen molar-refractivity contribution in [2.45, 2.75) is 11.8 Å². The van der Waals surface area contributed by atoms with Gasteiger partial charge in [-0.1, -0.05) is 15.9 Å². The molecule has 0 aromatic heterocycles. The number of hydrazone groups is 1. The smallest absolute Gasteiger partial charge is 0.255 e. The van der Waals surface area contributed by atoms with E-state index in [1.165, 1.54) is 39.6 Å². The van der Waals surface area contributed by atoms with Gasteiger partial charge in [0.1, 0.15) is 11.5 Å². The van der Waals surface area contributed by atoms with Gasteiger partial charge in [0.25, 0.3) is 5.91 Å². The van der Waals surface area contributed by atoms with Crippen molar-refractivity contribution in [3.63, 3.8) is 0 Å². The van der Waals surface area contributed by atoms with E-state index in [-0.39, 0.29) is 11.4 Å². The molecule has 0 aliphatic rings. The zero-order chi connectivity index (χ0) is 21.6. The van der Waals surface area contributed by atoms with Crippen molar-refractivity contribution in [1.29, 1.82) is 0 Å². The van der Waals surface area contributed by atoms with Crippen LogP contribution >= 0.6 is 15.9 Å². The fourth-order valence-corrected chi connectivity index (χ4v) is 4.09. The molecule has 0 saturated carbocycles. The third-order valence-electron chi connectivity index (χ3n) is 4.03. The average molecular weight is 484 g/mol. The van der Waals surface area contributed by atoms with Crippen LogP contribution in [0.25, 0.3) is 0 Å². The van der Waals surface area contributed by atoms with Gasteiger partial charge in [0.2, 0.25) is 10.0 Å². The van der Waals surface area contributed by atoms with Crippen LogP contribution in [0.15, 0.2) is 50.9 Å². The second-order valence-corrected chi connectivity index (χ2v) is 9.03. The Bertz CT molecular complexity index is 1020. The van der Waals surface area contributed by atoms with Crippen LogP contribution in [0.5, 0.6) is 11.5 Å². The van der Waals surface area contributed by atoms with Gasteiger partial charge < -0.3 is 9.47 Å². The van der Waals surface area contributed by atoms with Crippen molar-refractivity contribution in [1.82, 2.24) is 9.73 Å². The van der Waals surface area contributed by atoms with E-state index in [0.29, 0.717) is 22.6 Å². The Morgan fingerprint density at radius 3 is 2.45 bits per heavy atom. The molecule has 1 amide bonds. The Kier molecular flexibility index (Phi) is 7.77. The largest absolute Gasteiger partial charge is 0.496 e. The van der Waals surface area contributed by atoms with Crippen molar-refractivity contribution in [2.24, 2.45) is 5.10 Å². The Morgan fingerprint density at radius 2 is 1.83 bits per heavy atom. The number of hydrogen-bond donors (Lipinski definition) is 1. The monoisotopic (exact) mass is 483 g/mol. The maximum Gasteiger partial charge on any atom is 0.255 e. The zero-order valence-corrected chi connectivity index (χ0v) is 18.9. The number of carbonyl (C=O) groups excluding carboxylic acids is 1. The first-order valence-corrected chi connectivity index (χ1v) is 10.7. The van der Waals surface area contributed by atoms with E-state index in [1.54, 1.807) is 25.1 Å². The van der Waals surface area contributed by atoms with Gasteiger partial charge in [-0.15, -0.1) is 0 Å². The van der Waals surface area contributed by atoms with Crippen molar-refractivity contribution >= 4 is 38.1 Å². The second-order valence-electron chi connectivity index (χ2n) is 6.07. The molecule has 0 spiro atoms. The number of halogens is 1. The summed E-state index contributed by atoms with van der Waals surface area (Å²) in [5.74, 6) is 0.592. The average Bonchev–Trinajstić information content (AvgIpc) is 2.68. The van der Waals surface area contributed by atoms with E-state index in [4.69, 9.17) is 9.47 Å². The number of likely N-dealkylation sites (N-methyl/N-ethyl adjacent to an activating group) is 1. The molecule has 0 aliphatic carbocycles. The number of aryl methyl sites for hydroxylation is 1. The molecule has 29 heavy (non-hydrogen) atoms. The fourth-order valence-electron chi connectivity index (χ4n) is 2.49. The number of methoxy groups -OCH3 is 2. The van der Waals surface area contributed by atoms with E-state index in [9.17, 15) is 13.2 Å². The molecule has 0 bridgehead atoms. The highest BCUT2D eigenvalue weighted by molar-refractivity contribution is 9.10. The maximum atomic E-state index is 12.7. The van der Waals surface area contributed by atoms with Gasteiger partial charge in [0, 0.05) is 17.1 Å². The highest BCUT2D eigenvalue weighted by Crippen LogP contribution is 2.23. The van der Waals surface area contributed by atoms with Gasteiger partial charge in [0.05, 0.1) is 31.9 Å². The van der Waals surface area contributed by atoms with Crippen molar-refractivity contribution in [3.8, 4) is 11.5 Å². The maximum absolute atomic E-state index is 12.7. The number of nitrogens with one attached hydrogen (secondary N) is 1. The number of carbonyl (C=O) groups is 1. The number of benzene rings is 2. The number of sulfonamides is 1. The zero-order valence-electron chi connectivity index (χ0n) is 16.5.